The van der Waals surface area contributed by atoms with Crippen LogP contribution in [0.25, 0.3) is 0 Å². The van der Waals surface area contributed by atoms with E-state index in [4.69, 9.17) is 37.0 Å². The molecule has 0 radical (unpaired) electrons. The normalized spacial score (nSPS) is 13.8. The lowest BCUT2D eigenvalue weighted by molar-refractivity contribution is -0.161. The summed E-state index contributed by atoms with van der Waals surface area (Å²) in [5.74, 6) is -0.475. The SMILES string of the molecule is CCCCCCCCCCCCCCCCCCCCC(=O)O[C@H](COC(=O)CCCCCCCCCCC)COP(=O)(O)OC[C@H](O)COP(=O)(O)OC[C@@H](COC(=O)CCCCCCCCCCCCCCCCCC(C)C)OC(=O)CCCCCCCCCCCCCCCCCCCCC(C)C. The zero-order valence-electron chi connectivity index (χ0n) is 69.7. The van der Waals surface area contributed by atoms with Crippen LogP contribution in [0.15, 0.2) is 0 Å². The Hall–Kier alpha value is -1.94. The molecule has 0 aliphatic carbocycles. The van der Waals surface area contributed by atoms with Crippen LogP contribution in [-0.4, -0.2) is 96.7 Å². The van der Waals surface area contributed by atoms with Gasteiger partial charge in [-0.2, -0.15) is 0 Å². The minimum atomic E-state index is -4.97. The smallest absolute Gasteiger partial charge is 0.462 e. The van der Waals surface area contributed by atoms with Gasteiger partial charge in [0.05, 0.1) is 26.4 Å². The van der Waals surface area contributed by atoms with Crippen LogP contribution in [0.1, 0.15) is 465 Å². The minimum Gasteiger partial charge on any atom is -0.462 e. The molecule has 0 fully saturated rings. The van der Waals surface area contributed by atoms with Gasteiger partial charge in [-0.05, 0) is 37.5 Å². The number of aliphatic hydroxyl groups is 1. The molecule has 0 aliphatic rings. The Morgan fingerprint density at radius 2 is 0.434 bits per heavy atom. The highest BCUT2D eigenvalue weighted by atomic mass is 31.2. The predicted molar refractivity (Wildman–Crippen MR) is 437 cm³/mol. The molecule has 5 atom stereocenters. The molecule has 0 rings (SSSR count). The molecule has 0 spiro atoms. The molecule has 0 aromatic carbocycles. The highest BCUT2D eigenvalue weighted by molar-refractivity contribution is 7.47. The highest BCUT2D eigenvalue weighted by Crippen LogP contribution is 2.45. The van der Waals surface area contributed by atoms with Crippen molar-refractivity contribution in [2.24, 2.45) is 11.8 Å². The lowest BCUT2D eigenvalue weighted by atomic mass is 10.0. The van der Waals surface area contributed by atoms with E-state index in [1.807, 2.05) is 0 Å². The summed E-state index contributed by atoms with van der Waals surface area (Å²) in [4.78, 5) is 73.2. The van der Waals surface area contributed by atoms with Crippen molar-refractivity contribution >= 4 is 39.5 Å². The number of rotatable bonds is 86. The van der Waals surface area contributed by atoms with Gasteiger partial charge in [0.1, 0.15) is 19.3 Å². The van der Waals surface area contributed by atoms with E-state index >= 15 is 0 Å². The first-order valence-corrected chi connectivity index (χ1v) is 48.0. The minimum absolute atomic E-state index is 0.109. The van der Waals surface area contributed by atoms with Crippen LogP contribution < -0.4 is 0 Å². The number of carbonyl (C=O) groups excluding carboxylic acids is 4. The number of phosphoric acid groups is 2. The fraction of sp³-hybridized carbons (Fsp3) is 0.954. The molecule has 0 aliphatic heterocycles. The van der Waals surface area contributed by atoms with Crippen molar-refractivity contribution in [2.75, 3.05) is 39.6 Å². The van der Waals surface area contributed by atoms with E-state index in [1.54, 1.807) is 0 Å². The van der Waals surface area contributed by atoms with Gasteiger partial charge in [0.2, 0.25) is 0 Å². The number of phosphoric ester groups is 2. The van der Waals surface area contributed by atoms with Gasteiger partial charge >= 0.3 is 39.5 Å². The first-order valence-electron chi connectivity index (χ1n) is 45.0. The topological polar surface area (TPSA) is 237 Å². The highest BCUT2D eigenvalue weighted by Gasteiger charge is 2.30. The molecule has 0 aromatic rings. The van der Waals surface area contributed by atoms with Gasteiger partial charge in [-0.1, -0.05) is 414 Å². The average Bonchev–Trinajstić information content (AvgIpc) is 0.903. The van der Waals surface area contributed by atoms with Crippen molar-refractivity contribution in [2.45, 2.75) is 484 Å². The van der Waals surface area contributed by atoms with Crippen LogP contribution in [0.5, 0.6) is 0 Å². The second-order valence-electron chi connectivity index (χ2n) is 32.2. The van der Waals surface area contributed by atoms with Crippen LogP contribution in [-0.2, 0) is 65.4 Å². The third-order valence-electron chi connectivity index (χ3n) is 20.5. The number of carbonyl (C=O) groups is 4. The lowest BCUT2D eigenvalue weighted by Crippen LogP contribution is -2.30. The van der Waals surface area contributed by atoms with E-state index in [0.29, 0.717) is 25.7 Å². The number of unbranched alkanes of at least 4 members (excludes halogenated alkanes) is 56. The van der Waals surface area contributed by atoms with E-state index in [-0.39, 0.29) is 25.7 Å². The summed E-state index contributed by atoms with van der Waals surface area (Å²) in [6.45, 7) is 9.73. The molecule has 2 unspecified atom stereocenters. The Balaban J connectivity index is 5.20. The zero-order chi connectivity index (χ0) is 77.8. The standard InChI is InChI=1S/C87H170O17P2/c1-7-9-11-13-15-17-18-19-20-21-25-30-36-41-47-53-59-65-71-86(91)103-82(75-97-84(89)69-63-57-51-43-16-14-12-10-8-2)77-101-105(93,94)99-73-81(88)74-100-106(95,96)102-78-83(76-98-85(90)70-64-58-52-46-40-35-32-27-29-34-39-45-50-56-62-68-80(5)6)104-87(92)72-66-60-54-48-42-37-31-26-23-22-24-28-33-38-44-49-55-61-67-79(3)4/h79-83,88H,7-78H2,1-6H3,(H,93,94)(H,95,96)/t81-,82+,83+/m0/s1. The summed E-state index contributed by atoms with van der Waals surface area (Å²) >= 11 is 0. The first-order chi connectivity index (χ1) is 51.4. The van der Waals surface area contributed by atoms with E-state index in [9.17, 15) is 43.2 Å². The van der Waals surface area contributed by atoms with E-state index in [1.165, 1.54) is 283 Å². The fourth-order valence-corrected chi connectivity index (χ4v) is 15.2. The molecular formula is C87H170O17P2. The van der Waals surface area contributed by atoms with E-state index in [0.717, 1.165) is 102 Å². The number of aliphatic hydroxyl groups excluding tert-OH is 1. The van der Waals surface area contributed by atoms with Gasteiger partial charge < -0.3 is 33.8 Å². The molecule has 0 saturated heterocycles. The van der Waals surface area contributed by atoms with E-state index in [2.05, 4.69) is 41.5 Å². The van der Waals surface area contributed by atoms with Gasteiger partial charge in [0.25, 0.3) is 0 Å². The fourth-order valence-electron chi connectivity index (χ4n) is 13.6. The summed E-state index contributed by atoms with van der Waals surface area (Å²) in [6, 6.07) is 0. The summed E-state index contributed by atoms with van der Waals surface area (Å²) in [7, 11) is -9.93. The van der Waals surface area contributed by atoms with Gasteiger partial charge in [-0.25, -0.2) is 9.13 Å². The second kappa shape index (κ2) is 78.3. The molecule has 630 valence electrons. The maximum absolute atomic E-state index is 13.1. The number of ether oxygens (including phenoxy) is 4. The first kappa shape index (κ1) is 104. The van der Waals surface area contributed by atoms with E-state index < -0.39 is 97.5 Å². The number of esters is 4. The zero-order valence-corrected chi connectivity index (χ0v) is 71.5. The molecule has 0 heterocycles. The summed E-state index contributed by atoms with van der Waals surface area (Å²) in [5.41, 5.74) is 0. The third kappa shape index (κ3) is 80.1. The second-order valence-corrected chi connectivity index (χ2v) is 35.1. The molecule has 0 bridgehead atoms. The Labute approximate surface area is 651 Å². The maximum Gasteiger partial charge on any atom is 0.472 e. The largest absolute Gasteiger partial charge is 0.472 e. The number of hydrogen-bond donors (Lipinski definition) is 3. The molecule has 0 saturated carbocycles. The molecular weight excluding hydrogens is 1380 g/mol. The van der Waals surface area contributed by atoms with Gasteiger partial charge in [-0.15, -0.1) is 0 Å². The summed E-state index contributed by atoms with van der Waals surface area (Å²) in [6.07, 6.45) is 70.9. The molecule has 17 nitrogen and oxygen atoms in total. The van der Waals surface area contributed by atoms with Gasteiger partial charge in [0.15, 0.2) is 12.2 Å². The van der Waals surface area contributed by atoms with Crippen LogP contribution in [0.4, 0.5) is 0 Å². The predicted octanol–water partition coefficient (Wildman–Crippen LogP) is 26.6. The van der Waals surface area contributed by atoms with Crippen LogP contribution in [0.2, 0.25) is 0 Å². The average molecular weight is 1550 g/mol. The van der Waals surface area contributed by atoms with Crippen LogP contribution in [0.3, 0.4) is 0 Å². The van der Waals surface area contributed by atoms with Gasteiger partial charge in [-0.3, -0.25) is 37.3 Å². The summed E-state index contributed by atoms with van der Waals surface area (Å²) in [5, 5.41) is 10.7. The van der Waals surface area contributed by atoms with Crippen molar-refractivity contribution in [1.29, 1.82) is 0 Å². The lowest BCUT2D eigenvalue weighted by Gasteiger charge is -2.21. The molecule has 0 aromatic heterocycles. The maximum atomic E-state index is 13.1. The van der Waals surface area contributed by atoms with Crippen LogP contribution >= 0.6 is 15.6 Å². The number of hydrogen-bond acceptors (Lipinski definition) is 15. The third-order valence-corrected chi connectivity index (χ3v) is 22.4. The molecule has 0 amide bonds. The Kier molecular flexibility index (Phi) is 76.9. The quantitative estimate of drug-likeness (QED) is 0.0222. The molecule has 19 heteroatoms. The monoisotopic (exact) mass is 1550 g/mol. The molecule has 106 heavy (non-hydrogen) atoms. The van der Waals surface area contributed by atoms with Crippen LogP contribution in [0, 0.1) is 11.8 Å². The Morgan fingerprint density at radius 1 is 0.255 bits per heavy atom. The Bertz CT molecular complexity index is 2030. The van der Waals surface area contributed by atoms with Crippen molar-refractivity contribution in [1.82, 2.24) is 0 Å². The van der Waals surface area contributed by atoms with Crippen molar-refractivity contribution < 1.29 is 80.2 Å². The van der Waals surface area contributed by atoms with Gasteiger partial charge in [0, 0.05) is 25.7 Å². The summed E-state index contributed by atoms with van der Waals surface area (Å²) < 4.78 is 68.9. The Morgan fingerprint density at radius 3 is 0.642 bits per heavy atom. The van der Waals surface area contributed by atoms with Crippen molar-refractivity contribution in [3.05, 3.63) is 0 Å². The van der Waals surface area contributed by atoms with Crippen molar-refractivity contribution in [3.63, 3.8) is 0 Å². The van der Waals surface area contributed by atoms with Crippen molar-refractivity contribution in [3.8, 4) is 0 Å². The molecule has 3 N–H and O–H groups in total.